The summed E-state index contributed by atoms with van der Waals surface area (Å²) >= 11 is 0. The average molecular weight is 758 g/mol. The fourth-order valence-corrected chi connectivity index (χ4v) is 6.04. The first-order valence-electron chi connectivity index (χ1n) is 17.7. The van der Waals surface area contributed by atoms with Crippen LogP contribution in [0.15, 0.2) is 60.7 Å². The molecule has 0 saturated carbocycles. The summed E-state index contributed by atoms with van der Waals surface area (Å²) in [6, 6.07) is 12.0. The highest BCUT2D eigenvalue weighted by molar-refractivity contribution is 6.02. The largest absolute Gasteiger partial charge is 0.490 e. The summed E-state index contributed by atoms with van der Waals surface area (Å²) in [5, 5.41) is 18.2. The molecule has 0 spiro atoms. The molecule has 4 N–H and O–H groups in total. The summed E-state index contributed by atoms with van der Waals surface area (Å²) in [5.41, 5.74) is 0.181. The number of carbonyl (C=O) groups excluding carboxylic acids is 3. The molecule has 3 aromatic carbocycles. The second-order valence-electron chi connectivity index (χ2n) is 13.5. The van der Waals surface area contributed by atoms with Gasteiger partial charge in [-0.1, -0.05) is 6.92 Å². The van der Waals surface area contributed by atoms with Crippen molar-refractivity contribution >= 4 is 35.0 Å². The maximum absolute atomic E-state index is 14.4. The molecule has 0 saturated heterocycles. The number of nitrogens with one attached hydrogen (secondary N) is 3. The van der Waals surface area contributed by atoms with Gasteiger partial charge < -0.3 is 49.8 Å². The summed E-state index contributed by atoms with van der Waals surface area (Å²) in [6.45, 7) is 6.03. The van der Waals surface area contributed by atoms with E-state index in [9.17, 15) is 32.7 Å². The molecule has 0 bridgehead atoms. The topological polar surface area (TPSA) is 151 Å². The predicted octanol–water partition coefficient (Wildman–Crippen LogP) is 7.04. The number of ether oxygens (including phenoxy) is 4. The van der Waals surface area contributed by atoms with Crippen molar-refractivity contribution < 1.29 is 51.6 Å². The monoisotopic (exact) mass is 757 g/mol. The van der Waals surface area contributed by atoms with Gasteiger partial charge in [0.15, 0.2) is 11.5 Å². The van der Waals surface area contributed by atoms with Gasteiger partial charge in [-0.25, -0.2) is 9.59 Å². The lowest BCUT2D eigenvalue weighted by molar-refractivity contribution is -0.137. The molecule has 2 heterocycles. The van der Waals surface area contributed by atoms with Gasteiger partial charge in [0.05, 0.1) is 36.0 Å². The van der Waals surface area contributed by atoms with E-state index < -0.39 is 35.8 Å². The van der Waals surface area contributed by atoms with Crippen LogP contribution in [0.2, 0.25) is 0 Å². The lowest BCUT2D eigenvalue weighted by Crippen LogP contribution is -2.48. The van der Waals surface area contributed by atoms with Crippen LogP contribution in [0.4, 0.5) is 39.8 Å². The molecule has 5 rings (SSSR count). The summed E-state index contributed by atoms with van der Waals surface area (Å²) in [7, 11) is 1.65. The van der Waals surface area contributed by atoms with Crippen molar-refractivity contribution in [2.45, 2.75) is 64.5 Å². The van der Waals surface area contributed by atoms with Gasteiger partial charge in [0.1, 0.15) is 5.75 Å². The van der Waals surface area contributed by atoms with E-state index in [0.717, 1.165) is 37.1 Å². The summed E-state index contributed by atoms with van der Waals surface area (Å²) in [5.74, 6) is 0.631. The third-order valence-corrected chi connectivity index (χ3v) is 9.20. The van der Waals surface area contributed by atoms with Crippen LogP contribution in [0.25, 0.3) is 0 Å². The van der Waals surface area contributed by atoms with Crippen LogP contribution < -0.4 is 30.2 Å². The Morgan fingerprint density at radius 1 is 0.926 bits per heavy atom. The molecule has 0 radical (unpaired) electrons. The van der Waals surface area contributed by atoms with E-state index in [-0.39, 0.29) is 67.2 Å². The van der Waals surface area contributed by atoms with Gasteiger partial charge >= 0.3 is 18.2 Å². The quantitative estimate of drug-likeness (QED) is 0.201. The van der Waals surface area contributed by atoms with E-state index in [1.807, 2.05) is 13.8 Å². The first-order valence-corrected chi connectivity index (χ1v) is 17.7. The number of anilines is 3. The van der Waals surface area contributed by atoms with Gasteiger partial charge in [-0.3, -0.25) is 4.79 Å². The Hall–Kier alpha value is -5.22. The maximum atomic E-state index is 14.4. The molecule has 0 aromatic heterocycles. The highest BCUT2D eigenvalue weighted by Crippen LogP contribution is 2.35. The van der Waals surface area contributed by atoms with Crippen LogP contribution in [0.1, 0.15) is 56.0 Å². The second-order valence-corrected chi connectivity index (χ2v) is 13.5. The molecule has 16 heteroatoms. The Labute approximate surface area is 311 Å². The van der Waals surface area contributed by atoms with Gasteiger partial charge in [0.2, 0.25) is 6.79 Å². The number of benzene rings is 3. The third-order valence-electron chi connectivity index (χ3n) is 9.20. The second kappa shape index (κ2) is 17.7. The predicted molar refractivity (Wildman–Crippen MR) is 195 cm³/mol. The number of aliphatic hydroxyl groups excluding tert-OH is 1. The van der Waals surface area contributed by atoms with Crippen molar-refractivity contribution in [3.05, 3.63) is 71.8 Å². The number of nitrogens with zero attached hydrogens (tertiary/aromatic N) is 2. The summed E-state index contributed by atoms with van der Waals surface area (Å²) < 4.78 is 62.3. The van der Waals surface area contributed by atoms with E-state index in [0.29, 0.717) is 30.2 Å². The van der Waals surface area contributed by atoms with Crippen LogP contribution in [0, 0.1) is 5.92 Å². The zero-order chi connectivity index (χ0) is 39.0. The number of halogens is 3. The first kappa shape index (κ1) is 40.0. The minimum atomic E-state index is -4.52. The average Bonchev–Trinajstić information content (AvgIpc) is 3.60. The number of alkyl halides is 3. The van der Waals surface area contributed by atoms with E-state index >= 15 is 0 Å². The normalized spacial score (nSPS) is 19.8. The van der Waals surface area contributed by atoms with Crippen LogP contribution >= 0.6 is 0 Å². The zero-order valence-electron chi connectivity index (χ0n) is 30.6. The number of fused-ring (bicyclic) bond motifs is 2. The molecule has 5 amide bonds. The van der Waals surface area contributed by atoms with Crippen LogP contribution in [-0.2, 0) is 10.9 Å². The third kappa shape index (κ3) is 10.5. The highest BCUT2D eigenvalue weighted by Gasteiger charge is 2.32. The maximum Gasteiger partial charge on any atom is 0.416 e. The lowest BCUT2D eigenvalue weighted by Gasteiger charge is -2.35. The van der Waals surface area contributed by atoms with E-state index in [4.69, 9.17) is 18.9 Å². The minimum Gasteiger partial charge on any atom is -0.490 e. The summed E-state index contributed by atoms with van der Waals surface area (Å²) in [6.07, 6.45) is -3.14. The molecule has 13 nitrogen and oxygen atoms in total. The van der Waals surface area contributed by atoms with E-state index in [1.54, 1.807) is 44.3 Å². The van der Waals surface area contributed by atoms with Gasteiger partial charge in [-0.05, 0) is 87.7 Å². The Morgan fingerprint density at radius 3 is 2.28 bits per heavy atom. The minimum absolute atomic E-state index is 0.110. The van der Waals surface area contributed by atoms with Gasteiger partial charge in [0, 0.05) is 55.8 Å². The fraction of sp³-hybridized carbons (Fsp3) is 0.447. The summed E-state index contributed by atoms with van der Waals surface area (Å²) in [4.78, 5) is 43.5. The Morgan fingerprint density at radius 2 is 1.57 bits per heavy atom. The van der Waals surface area contributed by atoms with E-state index in [1.165, 1.54) is 15.9 Å². The molecular formula is C38H46F3N5O8. The molecule has 2 aliphatic rings. The van der Waals surface area contributed by atoms with Gasteiger partial charge in [-0.15, -0.1) is 0 Å². The first-order chi connectivity index (χ1) is 25.7. The van der Waals surface area contributed by atoms with Crippen LogP contribution in [0.5, 0.6) is 17.2 Å². The zero-order valence-corrected chi connectivity index (χ0v) is 30.6. The number of urea groups is 2. The number of amides is 5. The van der Waals surface area contributed by atoms with Gasteiger partial charge in [0.25, 0.3) is 5.91 Å². The van der Waals surface area contributed by atoms with Crippen molar-refractivity contribution in [1.82, 2.24) is 9.80 Å². The fourth-order valence-electron chi connectivity index (χ4n) is 6.04. The molecule has 2 aliphatic heterocycles. The number of aliphatic hydroxyl groups is 1. The van der Waals surface area contributed by atoms with Gasteiger partial charge in [-0.2, -0.15) is 13.2 Å². The number of rotatable bonds is 7. The number of carbonyl (C=O) groups is 3. The standard InChI is InChI=1S/C38H46F3N5O8/c1-23-19-46(24(2)21-47)35(48)30-17-28(43-36(49)42-27-10-8-26(9-11-27)38(39,40)41)12-14-31(30)54-25(3)7-5-6-16-51-34(23)20-45(4)37(50)44-29-13-15-32-33(18-29)53-22-52-32/h8-15,17-18,23-25,34,47H,5-7,16,19-22H2,1-4H3,(H,44,50)(H2,42,43,49)/t23-,24-,25+,34-/m0/s1. The van der Waals surface area contributed by atoms with Crippen molar-refractivity contribution in [2.24, 2.45) is 5.92 Å². The van der Waals surface area contributed by atoms with Crippen molar-refractivity contribution in [3.8, 4) is 17.2 Å². The Kier molecular flexibility index (Phi) is 13.1. The number of likely N-dealkylation sites (N-methyl/N-ethyl adjacent to an activating group) is 1. The molecule has 54 heavy (non-hydrogen) atoms. The molecule has 3 aromatic rings. The molecule has 0 aliphatic carbocycles. The number of hydrogen-bond acceptors (Lipinski definition) is 8. The Bertz CT molecular complexity index is 1780. The lowest BCUT2D eigenvalue weighted by atomic mass is 10.0. The highest BCUT2D eigenvalue weighted by atomic mass is 19.4. The molecule has 4 atom stereocenters. The molecule has 292 valence electrons. The molecular weight excluding hydrogens is 711 g/mol. The smallest absolute Gasteiger partial charge is 0.416 e. The SMILES string of the molecule is C[C@@H]1CCCCO[C@@H](CN(C)C(=O)Nc2ccc3c(c2)OCO3)[C@@H](C)CN([C@@H](C)CO)C(=O)c2cc(NC(=O)Nc3ccc(C(F)(F)F)cc3)ccc2O1. The van der Waals surface area contributed by atoms with Crippen molar-refractivity contribution in [3.63, 3.8) is 0 Å². The van der Waals surface area contributed by atoms with Crippen molar-refractivity contribution in [1.29, 1.82) is 0 Å². The van der Waals surface area contributed by atoms with Crippen molar-refractivity contribution in [2.75, 3.05) is 56.1 Å². The van der Waals surface area contributed by atoms with Crippen LogP contribution in [-0.4, -0.2) is 91.3 Å². The molecule has 0 fully saturated rings. The van der Waals surface area contributed by atoms with Crippen LogP contribution in [0.3, 0.4) is 0 Å². The number of hydrogen-bond donors (Lipinski definition) is 4. The Balaban J connectivity index is 1.34. The molecule has 0 unspecified atom stereocenters. The van der Waals surface area contributed by atoms with E-state index in [2.05, 4.69) is 16.0 Å².